The maximum atomic E-state index is 4.83. The number of hydrogen-bond acceptors (Lipinski definition) is 4. The van der Waals surface area contributed by atoms with Crippen molar-refractivity contribution in [2.45, 2.75) is 70.8 Å². The molecule has 2 aromatic heterocycles. The maximum absolute atomic E-state index is 4.83. The van der Waals surface area contributed by atoms with Crippen LogP contribution in [0.2, 0.25) is 0 Å². The lowest BCUT2D eigenvalue weighted by Gasteiger charge is -2.18. The van der Waals surface area contributed by atoms with E-state index in [4.69, 9.17) is 4.98 Å². The van der Waals surface area contributed by atoms with E-state index >= 15 is 0 Å². The number of rotatable bonds is 3. The van der Waals surface area contributed by atoms with Crippen molar-refractivity contribution in [3.05, 3.63) is 28.2 Å². The number of aromatic nitrogens is 4. The third-order valence-corrected chi connectivity index (χ3v) is 5.11. The second kappa shape index (κ2) is 5.87. The Hall–Kier alpha value is -1.23. The third-order valence-electron chi connectivity index (χ3n) is 4.06. The van der Waals surface area contributed by atoms with Crippen molar-refractivity contribution in [2.24, 2.45) is 0 Å². The Morgan fingerprint density at radius 2 is 2.00 bits per heavy atom. The molecule has 0 atom stereocenters. The first-order chi connectivity index (χ1) is 10.0. The van der Waals surface area contributed by atoms with Gasteiger partial charge in [-0.05, 0) is 12.8 Å². The standard InChI is InChI=1S/C16H24N4S/c1-16(2,3)15-17-11-20(19-15)9-13-10-21-14(18-13)12-7-5-4-6-8-12/h10-12H,4-9H2,1-3H3. The number of thiazole rings is 1. The van der Waals surface area contributed by atoms with E-state index in [1.807, 2.05) is 22.3 Å². The van der Waals surface area contributed by atoms with Gasteiger partial charge < -0.3 is 0 Å². The molecule has 1 aliphatic carbocycles. The molecule has 4 nitrogen and oxygen atoms in total. The average molecular weight is 304 g/mol. The summed E-state index contributed by atoms with van der Waals surface area (Å²) >= 11 is 1.82. The van der Waals surface area contributed by atoms with E-state index in [1.165, 1.54) is 37.1 Å². The van der Waals surface area contributed by atoms with Crippen molar-refractivity contribution in [3.8, 4) is 0 Å². The summed E-state index contributed by atoms with van der Waals surface area (Å²) in [6.07, 6.45) is 8.55. The SMILES string of the molecule is CC(C)(C)c1ncn(Cc2csc(C3CCCCC3)n2)n1. The minimum Gasteiger partial charge on any atom is -0.247 e. The molecular formula is C16H24N4S. The first-order valence-electron chi connectivity index (χ1n) is 7.86. The Morgan fingerprint density at radius 3 is 2.67 bits per heavy atom. The van der Waals surface area contributed by atoms with Crippen LogP contribution in [0.1, 0.15) is 75.3 Å². The monoisotopic (exact) mass is 304 g/mol. The summed E-state index contributed by atoms with van der Waals surface area (Å²) in [5.74, 6) is 1.59. The van der Waals surface area contributed by atoms with E-state index in [1.54, 1.807) is 0 Å². The second-order valence-electron chi connectivity index (χ2n) is 7.03. The number of hydrogen-bond donors (Lipinski definition) is 0. The summed E-state index contributed by atoms with van der Waals surface area (Å²) in [5.41, 5.74) is 1.12. The van der Waals surface area contributed by atoms with Gasteiger partial charge in [0.25, 0.3) is 0 Å². The maximum Gasteiger partial charge on any atom is 0.155 e. The molecule has 2 heterocycles. The number of nitrogens with zero attached hydrogens (tertiary/aromatic N) is 4. The zero-order valence-electron chi connectivity index (χ0n) is 13.2. The zero-order chi connectivity index (χ0) is 14.9. The Labute approximate surface area is 130 Å². The van der Waals surface area contributed by atoms with Gasteiger partial charge in [0, 0.05) is 16.7 Å². The van der Waals surface area contributed by atoms with Crippen molar-refractivity contribution < 1.29 is 0 Å². The molecule has 0 radical (unpaired) electrons. The Balaban J connectivity index is 1.68. The van der Waals surface area contributed by atoms with E-state index in [9.17, 15) is 0 Å². The van der Waals surface area contributed by atoms with Gasteiger partial charge in [0.2, 0.25) is 0 Å². The fourth-order valence-electron chi connectivity index (χ4n) is 2.81. The average Bonchev–Trinajstić information content (AvgIpc) is 3.09. The van der Waals surface area contributed by atoms with Crippen LogP contribution in [0.15, 0.2) is 11.7 Å². The van der Waals surface area contributed by atoms with Gasteiger partial charge in [-0.15, -0.1) is 11.3 Å². The van der Waals surface area contributed by atoms with Crippen molar-refractivity contribution in [1.29, 1.82) is 0 Å². The molecule has 0 N–H and O–H groups in total. The lowest BCUT2D eigenvalue weighted by atomic mass is 9.90. The minimum atomic E-state index is 0.000578. The molecule has 2 aromatic rings. The normalized spacial score (nSPS) is 17.3. The van der Waals surface area contributed by atoms with Gasteiger partial charge in [0.05, 0.1) is 17.2 Å². The smallest absolute Gasteiger partial charge is 0.155 e. The highest BCUT2D eigenvalue weighted by Gasteiger charge is 2.20. The second-order valence-corrected chi connectivity index (χ2v) is 7.92. The van der Waals surface area contributed by atoms with Crippen LogP contribution in [0.25, 0.3) is 0 Å². The van der Waals surface area contributed by atoms with Crippen LogP contribution >= 0.6 is 11.3 Å². The molecule has 0 spiro atoms. The van der Waals surface area contributed by atoms with E-state index in [0.29, 0.717) is 5.92 Å². The molecule has 3 rings (SSSR count). The van der Waals surface area contributed by atoms with E-state index in [0.717, 1.165) is 18.1 Å². The van der Waals surface area contributed by atoms with E-state index in [2.05, 4.69) is 36.2 Å². The summed E-state index contributed by atoms with van der Waals surface area (Å²) in [4.78, 5) is 9.24. The van der Waals surface area contributed by atoms with Gasteiger partial charge in [-0.25, -0.2) is 14.6 Å². The van der Waals surface area contributed by atoms with E-state index < -0.39 is 0 Å². The van der Waals surface area contributed by atoms with Gasteiger partial charge >= 0.3 is 0 Å². The molecule has 0 amide bonds. The van der Waals surface area contributed by atoms with Crippen LogP contribution in [-0.2, 0) is 12.0 Å². The predicted molar refractivity (Wildman–Crippen MR) is 85.8 cm³/mol. The van der Waals surface area contributed by atoms with E-state index in [-0.39, 0.29) is 5.41 Å². The highest BCUT2D eigenvalue weighted by Crippen LogP contribution is 2.34. The Kier molecular flexibility index (Phi) is 4.11. The summed E-state index contributed by atoms with van der Waals surface area (Å²) in [6.45, 7) is 7.14. The van der Waals surface area contributed by atoms with Crippen LogP contribution < -0.4 is 0 Å². The minimum absolute atomic E-state index is 0.000578. The van der Waals surface area contributed by atoms with Crippen LogP contribution in [0, 0.1) is 0 Å². The van der Waals surface area contributed by atoms with Gasteiger partial charge in [0.1, 0.15) is 6.33 Å². The molecule has 114 valence electrons. The highest BCUT2D eigenvalue weighted by atomic mass is 32.1. The predicted octanol–water partition coefficient (Wildman–Crippen LogP) is 4.13. The van der Waals surface area contributed by atoms with Gasteiger partial charge in [0.15, 0.2) is 5.82 Å². The molecule has 0 saturated heterocycles. The molecule has 5 heteroatoms. The molecule has 21 heavy (non-hydrogen) atoms. The zero-order valence-corrected chi connectivity index (χ0v) is 14.0. The lowest BCUT2D eigenvalue weighted by Crippen LogP contribution is -2.14. The molecular weight excluding hydrogens is 280 g/mol. The molecule has 1 saturated carbocycles. The molecule has 0 unspecified atom stereocenters. The summed E-state index contributed by atoms with van der Waals surface area (Å²) in [7, 11) is 0. The fraction of sp³-hybridized carbons (Fsp3) is 0.688. The third kappa shape index (κ3) is 3.51. The highest BCUT2D eigenvalue weighted by molar-refractivity contribution is 7.09. The Bertz CT molecular complexity index is 587. The fourth-order valence-corrected chi connectivity index (χ4v) is 3.79. The molecule has 0 aliphatic heterocycles. The van der Waals surface area contributed by atoms with Crippen molar-refractivity contribution in [2.75, 3.05) is 0 Å². The van der Waals surface area contributed by atoms with Crippen LogP contribution in [0.4, 0.5) is 0 Å². The molecule has 1 fully saturated rings. The van der Waals surface area contributed by atoms with Crippen LogP contribution in [0.5, 0.6) is 0 Å². The summed E-state index contributed by atoms with van der Waals surface area (Å²) in [6, 6.07) is 0. The van der Waals surface area contributed by atoms with Crippen molar-refractivity contribution >= 4 is 11.3 Å². The molecule has 0 bridgehead atoms. The first-order valence-corrected chi connectivity index (χ1v) is 8.74. The van der Waals surface area contributed by atoms with Gasteiger partial charge in [-0.1, -0.05) is 40.0 Å². The Morgan fingerprint density at radius 1 is 1.24 bits per heavy atom. The molecule has 1 aliphatic rings. The van der Waals surface area contributed by atoms with Crippen molar-refractivity contribution in [3.63, 3.8) is 0 Å². The largest absolute Gasteiger partial charge is 0.247 e. The topological polar surface area (TPSA) is 43.6 Å². The van der Waals surface area contributed by atoms with Crippen LogP contribution in [0.3, 0.4) is 0 Å². The van der Waals surface area contributed by atoms with Gasteiger partial charge in [-0.2, -0.15) is 5.10 Å². The van der Waals surface area contributed by atoms with Gasteiger partial charge in [-0.3, -0.25) is 0 Å². The lowest BCUT2D eigenvalue weighted by molar-refractivity contribution is 0.441. The molecule has 0 aromatic carbocycles. The van der Waals surface area contributed by atoms with Crippen LogP contribution in [-0.4, -0.2) is 19.7 Å². The first kappa shape index (κ1) is 14.7. The summed E-state index contributed by atoms with van der Waals surface area (Å²) in [5, 5.41) is 8.07. The quantitative estimate of drug-likeness (QED) is 0.856. The summed E-state index contributed by atoms with van der Waals surface area (Å²) < 4.78 is 1.90. The van der Waals surface area contributed by atoms with Crippen molar-refractivity contribution in [1.82, 2.24) is 19.7 Å².